The molecule has 8 nitrogen and oxygen atoms in total. The van der Waals surface area contributed by atoms with Gasteiger partial charge in [-0.1, -0.05) is 39.0 Å². The van der Waals surface area contributed by atoms with Crippen LogP contribution in [0.1, 0.15) is 39.0 Å². The molecule has 1 aliphatic heterocycles. The lowest BCUT2D eigenvalue weighted by Gasteiger charge is -2.20. The molecule has 9 heteroatoms. The van der Waals surface area contributed by atoms with E-state index in [1.54, 1.807) is 17.7 Å². The van der Waals surface area contributed by atoms with E-state index in [9.17, 15) is 14.4 Å². The first-order chi connectivity index (χ1) is 15.1. The van der Waals surface area contributed by atoms with Crippen molar-refractivity contribution in [2.24, 2.45) is 0 Å². The van der Waals surface area contributed by atoms with Gasteiger partial charge in [0.1, 0.15) is 17.9 Å². The fraction of sp³-hybridized carbons (Fsp3) is 0.304. The van der Waals surface area contributed by atoms with E-state index in [4.69, 9.17) is 0 Å². The van der Waals surface area contributed by atoms with E-state index in [-0.39, 0.29) is 5.41 Å². The van der Waals surface area contributed by atoms with Gasteiger partial charge in [0.25, 0.3) is 5.91 Å². The minimum Gasteiger partial charge on any atom is -0.319 e. The van der Waals surface area contributed by atoms with Crippen LogP contribution < -0.4 is 10.6 Å². The maximum Gasteiger partial charge on any atom is 0.325 e. The van der Waals surface area contributed by atoms with E-state index in [1.807, 2.05) is 67.9 Å². The molecule has 2 N–H and O–H groups in total. The third kappa shape index (κ3) is 3.91. The number of carbonyl (C=O) groups excluding carboxylic acids is 3. The number of nitrogens with zero attached hydrogens (tertiary/aromatic N) is 3. The molecule has 4 rings (SSSR count). The second-order valence-electron chi connectivity index (χ2n) is 8.92. The van der Waals surface area contributed by atoms with Gasteiger partial charge in [0, 0.05) is 11.5 Å². The zero-order valence-electron chi connectivity index (χ0n) is 18.4. The van der Waals surface area contributed by atoms with Crippen LogP contribution in [0, 0.1) is 0 Å². The van der Waals surface area contributed by atoms with Crippen molar-refractivity contribution in [3.05, 3.63) is 64.5 Å². The predicted octanol–water partition coefficient (Wildman–Crippen LogP) is 3.64. The number of amides is 4. The molecule has 32 heavy (non-hydrogen) atoms. The number of nitrogens with one attached hydrogen (secondary N) is 2. The monoisotopic (exact) mass is 451 g/mol. The second kappa shape index (κ2) is 7.90. The van der Waals surface area contributed by atoms with E-state index in [1.165, 1.54) is 11.3 Å². The molecule has 0 bridgehead atoms. The maximum atomic E-state index is 13.0. The van der Waals surface area contributed by atoms with Crippen molar-refractivity contribution >= 4 is 35.0 Å². The van der Waals surface area contributed by atoms with Crippen LogP contribution in [0.4, 0.5) is 10.6 Å². The molecule has 1 aromatic carbocycles. The van der Waals surface area contributed by atoms with Gasteiger partial charge in [-0.2, -0.15) is 16.4 Å². The van der Waals surface area contributed by atoms with Crippen molar-refractivity contribution in [1.82, 2.24) is 20.0 Å². The van der Waals surface area contributed by atoms with Crippen LogP contribution in [0.15, 0.2) is 53.2 Å². The molecule has 1 fully saturated rings. The van der Waals surface area contributed by atoms with Crippen LogP contribution in [-0.2, 0) is 20.5 Å². The molecular formula is C23H25N5O3S. The third-order valence-corrected chi connectivity index (χ3v) is 6.10. The Labute approximate surface area is 190 Å². The largest absolute Gasteiger partial charge is 0.325 e. The first-order valence-corrected chi connectivity index (χ1v) is 11.2. The summed E-state index contributed by atoms with van der Waals surface area (Å²) in [5.41, 5.74) is 0.880. The zero-order valence-corrected chi connectivity index (χ0v) is 19.2. The normalized spacial score (nSPS) is 18.7. The highest BCUT2D eigenvalue weighted by Gasteiger charge is 2.49. The number of aromatic nitrogens is 2. The molecule has 1 atom stereocenters. The minimum absolute atomic E-state index is 0.230. The number of hydrogen-bond donors (Lipinski definition) is 2. The molecule has 3 heterocycles. The summed E-state index contributed by atoms with van der Waals surface area (Å²) in [5, 5.41) is 13.9. The van der Waals surface area contributed by atoms with E-state index >= 15 is 0 Å². The summed E-state index contributed by atoms with van der Waals surface area (Å²) in [4.78, 5) is 39.3. The van der Waals surface area contributed by atoms with Gasteiger partial charge >= 0.3 is 6.03 Å². The van der Waals surface area contributed by atoms with Crippen LogP contribution in [0.2, 0.25) is 0 Å². The van der Waals surface area contributed by atoms with Gasteiger partial charge in [-0.3, -0.25) is 14.5 Å². The Morgan fingerprint density at radius 2 is 1.91 bits per heavy atom. The smallest absolute Gasteiger partial charge is 0.319 e. The van der Waals surface area contributed by atoms with Gasteiger partial charge in [0.15, 0.2) is 0 Å². The Bertz CT molecular complexity index is 1160. The molecule has 2 aromatic heterocycles. The van der Waals surface area contributed by atoms with Crippen LogP contribution in [0.25, 0.3) is 5.69 Å². The minimum atomic E-state index is -1.18. The molecule has 0 saturated carbocycles. The molecule has 0 aliphatic carbocycles. The molecular weight excluding hydrogens is 426 g/mol. The fourth-order valence-corrected chi connectivity index (χ4v) is 4.28. The van der Waals surface area contributed by atoms with E-state index in [0.717, 1.165) is 16.3 Å². The number of carbonyl (C=O) groups is 3. The standard InChI is InChI=1S/C23H25N5O3S/c1-22(2,3)17-12-18(28(26-17)16-8-6-5-7-9-16)24-19(29)13-27-20(30)23(4,25-21(27)31)15-10-11-32-14-15/h5-12,14H,13H2,1-4H3,(H,24,29)(H,25,31). The molecule has 0 radical (unpaired) electrons. The zero-order chi connectivity index (χ0) is 23.1. The number of benzene rings is 1. The van der Waals surface area contributed by atoms with Gasteiger partial charge < -0.3 is 10.6 Å². The van der Waals surface area contributed by atoms with Crippen molar-refractivity contribution < 1.29 is 14.4 Å². The summed E-state index contributed by atoms with van der Waals surface area (Å²) in [6, 6.07) is 12.5. The molecule has 3 aromatic rings. The summed E-state index contributed by atoms with van der Waals surface area (Å²) < 4.78 is 1.65. The van der Waals surface area contributed by atoms with Gasteiger partial charge in [-0.25, -0.2) is 9.48 Å². The number of urea groups is 1. The Morgan fingerprint density at radius 1 is 1.19 bits per heavy atom. The Morgan fingerprint density at radius 3 is 2.53 bits per heavy atom. The maximum absolute atomic E-state index is 13.0. The van der Waals surface area contributed by atoms with Crippen molar-refractivity contribution in [2.75, 3.05) is 11.9 Å². The highest BCUT2D eigenvalue weighted by molar-refractivity contribution is 7.08. The molecule has 166 valence electrons. The van der Waals surface area contributed by atoms with Crippen LogP contribution in [0.3, 0.4) is 0 Å². The number of hydrogen-bond acceptors (Lipinski definition) is 5. The SMILES string of the molecule is CC(C)(C)c1cc(NC(=O)CN2C(=O)NC(C)(c3ccsc3)C2=O)n(-c2ccccc2)n1. The molecule has 0 spiro atoms. The van der Waals surface area contributed by atoms with E-state index in [2.05, 4.69) is 15.7 Å². The average molecular weight is 452 g/mol. The molecule has 1 aliphatic rings. The van der Waals surface area contributed by atoms with Gasteiger partial charge in [0.2, 0.25) is 5.91 Å². The number of rotatable bonds is 5. The van der Waals surface area contributed by atoms with Crippen molar-refractivity contribution in [3.8, 4) is 5.69 Å². The van der Waals surface area contributed by atoms with Crippen molar-refractivity contribution in [3.63, 3.8) is 0 Å². The number of imide groups is 1. The summed E-state index contributed by atoms with van der Waals surface area (Å²) in [6.45, 7) is 7.36. The van der Waals surface area contributed by atoms with Crippen LogP contribution >= 0.6 is 11.3 Å². The number of para-hydroxylation sites is 1. The lowest BCUT2D eigenvalue weighted by atomic mass is 9.92. The molecule has 1 saturated heterocycles. The first kappa shape index (κ1) is 21.8. The first-order valence-electron chi connectivity index (χ1n) is 10.2. The van der Waals surface area contributed by atoms with Gasteiger partial charge in [-0.05, 0) is 41.4 Å². The lowest BCUT2D eigenvalue weighted by Crippen LogP contribution is -2.42. The fourth-order valence-electron chi connectivity index (χ4n) is 3.51. The third-order valence-electron chi connectivity index (χ3n) is 5.42. The Kier molecular flexibility index (Phi) is 5.37. The predicted molar refractivity (Wildman–Crippen MR) is 123 cm³/mol. The van der Waals surface area contributed by atoms with Gasteiger partial charge in [-0.15, -0.1) is 0 Å². The van der Waals surface area contributed by atoms with Crippen LogP contribution in [-0.4, -0.2) is 39.1 Å². The van der Waals surface area contributed by atoms with Crippen molar-refractivity contribution in [2.45, 2.75) is 38.6 Å². The highest BCUT2D eigenvalue weighted by atomic mass is 32.1. The lowest BCUT2D eigenvalue weighted by molar-refractivity contribution is -0.133. The quantitative estimate of drug-likeness (QED) is 0.579. The number of anilines is 1. The summed E-state index contributed by atoms with van der Waals surface area (Å²) in [6.07, 6.45) is 0. The van der Waals surface area contributed by atoms with E-state index in [0.29, 0.717) is 11.4 Å². The summed E-state index contributed by atoms with van der Waals surface area (Å²) in [5.74, 6) is -0.470. The Hall–Kier alpha value is -3.46. The molecule has 1 unspecified atom stereocenters. The van der Waals surface area contributed by atoms with Gasteiger partial charge in [0.05, 0.1) is 11.4 Å². The Balaban J connectivity index is 1.56. The summed E-state index contributed by atoms with van der Waals surface area (Å²) >= 11 is 1.44. The van der Waals surface area contributed by atoms with Crippen LogP contribution in [0.5, 0.6) is 0 Å². The highest BCUT2D eigenvalue weighted by Crippen LogP contribution is 2.30. The van der Waals surface area contributed by atoms with Crippen molar-refractivity contribution in [1.29, 1.82) is 0 Å². The average Bonchev–Trinajstić information content (AvgIpc) is 3.46. The second-order valence-corrected chi connectivity index (χ2v) is 9.70. The number of thiophene rings is 1. The molecule has 4 amide bonds. The summed E-state index contributed by atoms with van der Waals surface area (Å²) in [7, 11) is 0. The topological polar surface area (TPSA) is 96.3 Å². The van der Waals surface area contributed by atoms with E-state index < -0.39 is 29.9 Å².